The van der Waals surface area contributed by atoms with Crippen molar-refractivity contribution in [3.05, 3.63) is 18.0 Å². The molecular weight excluding hydrogens is 203 g/mol. The molecule has 0 aliphatic heterocycles. The van der Waals surface area contributed by atoms with Crippen molar-refractivity contribution in [2.45, 2.75) is 4.43 Å². The molecule has 1 aromatic rings. The third kappa shape index (κ3) is 1.15. The summed E-state index contributed by atoms with van der Waals surface area (Å²) in [6, 6.07) is 0. The summed E-state index contributed by atoms with van der Waals surface area (Å²) >= 11 is 2.29. The predicted molar refractivity (Wildman–Crippen MR) is 36.3 cm³/mol. The zero-order chi connectivity index (χ0) is 5.11. The first-order valence-electron chi connectivity index (χ1n) is 1.97. The van der Waals surface area contributed by atoms with E-state index in [-0.39, 0.29) is 0 Å². The summed E-state index contributed by atoms with van der Waals surface area (Å²) in [7, 11) is 0. The third-order valence-corrected chi connectivity index (χ3v) is 1.59. The highest BCUT2D eigenvalue weighted by Gasteiger charge is 1.84. The molecule has 0 fully saturated rings. The Bertz CT molecular complexity index is 124. The maximum atomic E-state index is 3.76. The molecule has 0 spiro atoms. The van der Waals surface area contributed by atoms with Gasteiger partial charge in [-0.15, -0.1) is 0 Å². The van der Waals surface area contributed by atoms with Gasteiger partial charge in [0.25, 0.3) is 0 Å². The summed E-state index contributed by atoms with van der Waals surface area (Å²) in [4.78, 5) is 0. The van der Waals surface area contributed by atoms with Crippen molar-refractivity contribution in [3.8, 4) is 0 Å². The van der Waals surface area contributed by atoms with E-state index in [1.165, 1.54) is 5.56 Å². The Balaban J connectivity index is 2.76. The normalized spacial score (nSPS) is 9.29. The molecular formula is C4H5IN2. The van der Waals surface area contributed by atoms with Crippen LogP contribution >= 0.6 is 22.6 Å². The fourth-order valence-corrected chi connectivity index (χ4v) is 0.768. The second-order valence-corrected chi connectivity index (χ2v) is 2.00. The van der Waals surface area contributed by atoms with E-state index in [0.29, 0.717) is 0 Å². The van der Waals surface area contributed by atoms with Crippen molar-refractivity contribution in [3.63, 3.8) is 0 Å². The molecule has 0 radical (unpaired) electrons. The molecule has 0 aliphatic carbocycles. The minimum absolute atomic E-state index is 1.04. The summed E-state index contributed by atoms with van der Waals surface area (Å²) in [6.07, 6.45) is 3.72. The molecule has 0 unspecified atom stereocenters. The quantitative estimate of drug-likeness (QED) is 0.547. The highest BCUT2D eigenvalue weighted by atomic mass is 127. The van der Waals surface area contributed by atoms with Crippen LogP contribution in [0.5, 0.6) is 0 Å². The molecule has 3 heteroatoms. The Kier molecular flexibility index (Phi) is 1.67. The molecule has 0 saturated heterocycles. The number of rotatable bonds is 1. The second kappa shape index (κ2) is 2.30. The van der Waals surface area contributed by atoms with Crippen LogP contribution < -0.4 is 0 Å². The Labute approximate surface area is 55.5 Å². The van der Waals surface area contributed by atoms with Gasteiger partial charge in [0.2, 0.25) is 0 Å². The lowest BCUT2D eigenvalue weighted by Gasteiger charge is -1.74. The minimum Gasteiger partial charge on any atom is -0.285 e. The van der Waals surface area contributed by atoms with Crippen LogP contribution in [0.25, 0.3) is 0 Å². The lowest BCUT2D eigenvalue weighted by Crippen LogP contribution is -1.62. The van der Waals surface area contributed by atoms with E-state index < -0.39 is 0 Å². The summed E-state index contributed by atoms with van der Waals surface area (Å²) in [5.74, 6) is 0. The monoisotopic (exact) mass is 208 g/mol. The first-order chi connectivity index (χ1) is 3.43. The first-order valence-corrected chi connectivity index (χ1v) is 3.49. The number of hydrogen-bond donors (Lipinski definition) is 1. The SMILES string of the molecule is ICc1cn[nH]c1. The molecule has 7 heavy (non-hydrogen) atoms. The van der Waals surface area contributed by atoms with Crippen LogP contribution in [-0.2, 0) is 4.43 Å². The molecule has 38 valence electrons. The van der Waals surface area contributed by atoms with Gasteiger partial charge in [-0.25, -0.2) is 0 Å². The van der Waals surface area contributed by atoms with Gasteiger partial charge in [0.05, 0.1) is 6.20 Å². The van der Waals surface area contributed by atoms with Crippen molar-refractivity contribution < 1.29 is 0 Å². The van der Waals surface area contributed by atoms with Gasteiger partial charge in [0, 0.05) is 10.6 Å². The summed E-state index contributed by atoms with van der Waals surface area (Å²) in [5.41, 5.74) is 1.25. The zero-order valence-corrected chi connectivity index (χ0v) is 5.84. The molecule has 0 bridgehead atoms. The van der Waals surface area contributed by atoms with Crippen molar-refractivity contribution >= 4 is 22.6 Å². The van der Waals surface area contributed by atoms with E-state index in [0.717, 1.165) is 4.43 Å². The topological polar surface area (TPSA) is 28.7 Å². The Morgan fingerprint density at radius 1 is 1.86 bits per heavy atom. The van der Waals surface area contributed by atoms with Crippen LogP contribution in [0, 0.1) is 0 Å². The number of aromatic nitrogens is 2. The van der Waals surface area contributed by atoms with Crippen LogP contribution in [0.1, 0.15) is 5.56 Å². The number of aromatic amines is 1. The Hall–Kier alpha value is -0.0600. The number of alkyl halides is 1. The van der Waals surface area contributed by atoms with Gasteiger partial charge in [0.15, 0.2) is 0 Å². The summed E-state index contributed by atoms with van der Waals surface area (Å²) in [6.45, 7) is 0. The van der Waals surface area contributed by atoms with Crippen LogP contribution in [0.4, 0.5) is 0 Å². The lowest BCUT2D eigenvalue weighted by molar-refractivity contribution is 1.09. The fraction of sp³-hybridized carbons (Fsp3) is 0.250. The molecule has 1 rings (SSSR count). The molecule has 1 aromatic heterocycles. The maximum absolute atomic E-state index is 3.76. The maximum Gasteiger partial charge on any atom is 0.0527 e. The Morgan fingerprint density at radius 3 is 3.00 bits per heavy atom. The molecule has 1 N–H and O–H groups in total. The summed E-state index contributed by atoms with van der Waals surface area (Å²) < 4.78 is 1.04. The van der Waals surface area contributed by atoms with Gasteiger partial charge < -0.3 is 0 Å². The molecule has 0 aliphatic rings. The van der Waals surface area contributed by atoms with E-state index in [4.69, 9.17) is 0 Å². The number of nitrogens with one attached hydrogen (secondary N) is 1. The highest BCUT2D eigenvalue weighted by molar-refractivity contribution is 14.1. The van der Waals surface area contributed by atoms with Crippen LogP contribution in [0.3, 0.4) is 0 Å². The first kappa shape index (κ1) is 5.08. The van der Waals surface area contributed by atoms with E-state index in [2.05, 4.69) is 32.8 Å². The predicted octanol–water partition coefficient (Wildman–Crippen LogP) is 1.34. The van der Waals surface area contributed by atoms with Crippen molar-refractivity contribution in [1.82, 2.24) is 10.2 Å². The fourth-order valence-electron chi connectivity index (χ4n) is 0.351. The molecule has 0 saturated carbocycles. The molecule has 2 nitrogen and oxygen atoms in total. The van der Waals surface area contributed by atoms with E-state index in [1.807, 2.05) is 12.4 Å². The Morgan fingerprint density at radius 2 is 2.71 bits per heavy atom. The van der Waals surface area contributed by atoms with Crippen molar-refractivity contribution in [2.24, 2.45) is 0 Å². The molecule has 0 aromatic carbocycles. The smallest absolute Gasteiger partial charge is 0.0527 e. The zero-order valence-electron chi connectivity index (χ0n) is 3.69. The van der Waals surface area contributed by atoms with Gasteiger partial charge in [0.1, 0.15) is 0 Å². The lowest BCUT2D eigenvalue weighted by atomic mass is 10.4. The van der Waals surface area contributed by atoms with Gasteiger partial charge in [-0.1, -0.05) is 22.6 Å². The van der Waals surface area contributed by atoms with Gasteiger partial charge in [-0.05, 0) is 5.56 Å². The van der Waals surface area contributed by atoms with Crippen LogP contribution in [0.2, 0.25) is 0 Å². The molecule has 0 atom stereocenters. The van der Waals surface area contributed by atoms with Gasteiger partial charge >= 0.3 is 0 Å². The van der Waals surface area contributed by atoms with E-state index >= 15 is 0 Å². The molecule has 0 amide bonds. The average molecular weight is 208 g/mol. The summed E-state index contributed by atoms with van der Waals surface area (Å²) in [5, 5.41) is 6.49. The third-order valence-electron chi connectivity index (χ3n) is 0.709. The van der Waals surface area contributed by atoms with Gasteiger partial charge in [-0.2, -0.15) is 5.10 Å². The highest BCUT2D eigenvalue weighted by Crippen LogP contribution is 1.99. The minimum atomic E-state index is 1.04. The number of hydrogen-bond acceptors (Lipinski definition) is 1. The number of halogens is 1. The van der Waals surface area contributed by atoms with Crippen molar-refractivity contribution in [1.29, 1.82) is 0 Å². The number of H-pyrrole nitrogens is 1. The molecule has 1 heterocycles. The number of nitrogens with zero attached hydrogens (tertiary/aromatic N) is 1. The standard InChI is InChI=1S/C4H5IN2/c5-1-4-2-6-7-3-4/h2-3H,1H2,(H,6,7). The largest absolute Gasteiger partial charge is 0.285 e. The van der Waals surface area contributed by atoms with Gasteiger partial charge in [-0.3, -0.25) is 5.10 Å². The van der Waals surface area contributed by atoms with E-state index in [1.54, 1.807) is 0 Å². The van der Waals surface area contributed by atoms with Crippen molar-refractivity contribution in [2.75, 3.05) is 0 Å². The second-order valence-electron chi connectivity index (χ2n) is 1.24. The van der Waals surface area contributed by atoms with Crippen LogP contribution in [-0.4, -0.2) is 10.2 Å². The average Bonchev–Trinajstić information content (AvgIpc) is 2.14. The van der Waals surface area contributed by atoms with E-state index in [9.17, 15) is 0 Å². The van der Waals surface area contributed by atoms with Crippen LogP contribution in [0.15, 0.2) is 12.4 Å².